The van der Waals surface area contributed by atoms with E-state index in [-0.39, 0.29) is 12.0 Å². The number of aliphatic carboxylic acids is 1. The molecule has 1 aliphatic carbocycles. The first-order valence-corrected chi connectivity index (χ1v) is 9.30. The largest absolute Gasteiger partial charge is 0.480 e. The molecule has 0 aromatic rings. The van der Waals surface area contributed by atoms with Gasteiger partial charge in [-0.15, -0.1) is 0 Å². The van der Waals surface area contributed by atoms with Crippen LogP contribution < -0.4 is 5.32 Å². The number of carboxylic acid groups (broad SMARTS) is 1. The van der Waals surface area contributed by atoms with Gasteiger partial charge in [0.05, 0.1) is 6.42 Å². The van der Waals surface area contributed by atoms with Gasteiger partial charge in [0.15, 0.2) is 0 Å². The average Bonchev–Trinajstić information content (AvgIpc) is 2.43. The summed E-state index contributed by atoms with van der Waals surface area (Å²) in [6, 6.07) is -1.38. The van der Waals surface area contributed by atoms with Crippen molar-refractivity contribution in [3.05, 3.63) is 0 Å². The van der Waals surface area contributed by atoms with Crippen LogP contribution in [0, 0.1) is 17.8 Å². The number of alkyl carbamates (subject to hydrolysis) is 1. The highest BCUT2D eigenvalue weighted by Crippen LogP contribution is 2.35. The molecule has 0 aromatic heterocycles. The summed E-state index contributed by atoms with van der Waals surface area (Å²) in [4.78, 5) is 35.4. The summed E-state index contributed by atoms with van der Waals surface area (Å²) in [7, 11) is 0. The summed E-state index contributed by atoms with van der Waals surface area (Å²) in [6.07, 6.45) is 1.38. The van der Waals surface area contributed by atoms with Crippen molar-refractivity contribution in [2.75, 3.05) is 0 Å². The number of nitrogens with one attached hydrogen (secondary N) is 1. The van der Waals surface area contributed by atoms with Gasteiger partial charge in [0.25, 0.3) is 0 Å². The number of carbonyl (C=O) groups excluding carboxylic acids is 2. The van der Waals surface area contributed by atoms with Gasteiger partial charge >= 0.3 is 18.0 Å². The molecule has 0 bridgehead atoms. The van der Waals surface area contributed by atoms with Crippen molar-refractivity contribution in [3.63, 3.8) is 0 Å². The van der Waals surface area contributed by atoms with E-state index in [1.807, 2.05) is 0 Å². The molecule has 1 rings (SSSR count). The van der Waals surface area contributed by atoms with Gasteiger partial charge in [-0.2, -0.15) is 0 Å². The summed E-state index contributed by atoms with van der Waals surface area (Å²) in [5.74, 6) is -0.783. The van der Waals surface area contributed by atoms with Crippen molar-refractivity contribution in [3.8, 4) is 0 Å². The van der Waals surface area contributed by atoms with Gasteiger partial charge in [-0.25, -0.2) is 9.59 Å². The number of rotatable bonds is 6. The fourth-order valence-corrected chi connectivity index (χ4v) is 3.28. The van der Waals surface area contributed by atoms with Gasteiger partial charge in [0.1, 0.15) is 17.7 Å². The molecular weight excluding hydrogens is 338 g/mol. The topological polar surface area (TPSA) is 102 Å². The summed E-state index contributed by atoms with van der Waals surface area (Å²) < 4.78 is 10.7. The number of carboxylic acids is 1. The van der Waals surface area contributed by atoms with Gasteiger partial charge in [-0.3, -0.25) is 4.79 Å². The van der Waals surface area contributed by atoms with Gasteiger partial charge in [0, 0.05) is 0 Å². The fraction of sp³-hybridized carbons (Fsp3) is 0.842. The maximum atomic E-state index is 12.3. The first kappa shape index (κ1) is 22.3. The lowest BCUT2D eigenvalue weighted by atomic mass is 9.75. The van der Waals surface area contributed by atoms with Crippen LogP contribution in [0.25, 0.3) is 0 Å². The second-order valence-corrected chi connectivity index (χ2v) is 8.60. The Morgan fingerprint density at radius 1 is 1.19 bits per heavy atom. The molecule has 0 radical (unpaired) electrons. The lowest BCUT2D eigenvalue weighted by Gasteiger charge is -2.36. The van der Waals surface area contributed by atoms with Crippen LogP contribution >= 0.6 is 0 Å². The second-order valence-electron chi connectivity index (χ2n) is 8.60. The van der Waals surface area contributed by atoms with Crippen molar-refractivity contribution in [2.24, 2.45) is 17.8 Å². The number of carbonyl (C=O) groups is 3. The van der Waals surface area contributed by atoms with Crippen LogP contribution in [0.1, 0.15) is 67.2 Å². The average molecular weight is 371 g/mol. The summed E-state index contributed by atoms with van der Waals surface area (Å²) in [6.45, 7) is 11.4. The zero-order valence-corrected chi connectivity index (χ0v) is 16.7. The van der Waals surface area contributed by atoms with E-state index >= 15 is 0 Å². The highest BCUT2D eigenvalue weighted by Gasteiger charge is 2.34. The molecule has 4 unspecified atom stereocenters. The molecule has 0 spiro atoms. The molecule has 1 saturated carbocycles. The SMILES string of the molecule is CC1CCC(C(C)C)C(OC(=O)CC(NC(=O)OC(C)(C)C)C(=O)O)C1. The molecule has 4 atom stereocenters. The molecule has 2 N–H and O–H groups in total. The predicted octanol–water partition coefficient (Wildman–Crippen LogP) is 3.36. The standard InChI is InChI=1S/C19H33NO6/c1-11(2)13-8-7-12(3)9-15(13)25-16(21)10-14(17(22)23)20-18(24)26-19(4,5)6/h11-15H,7-10H2,1-6H3,(H,20,24)(H,22,23). The lowest BCUT2D eigenvalue weighted by Crippen LogP contribution is -2.45. The van der Waals surface area contributed by atoms with Crippen LogP contribution in [0.2, 0.25) is 0 Å². The van der Waals surface area contributed by atoms with E-state index in [4.69, 9.17) is 9.47 Å². The molecule has 0 heterocycles. The van der Waals surface area contributed by atoms with E-state index in [2.05, 4.69) is 26.1 Å². The molecule has 26 heavy (non-hydrogen) atoms. The monoisotopic (exact) mass is 371 g/mol. The molecule has 1 aliphatic rings. The molecule has 7 heteroatoms. The lowest BCUT2D eigenvalue weighted by molar-refractivity contribution is -0.159. The molecule has 1 fully saturated rings. The van der Waals surface area contributed by atoms with Gasteiger partial charge in [-0.05, 0) is 51.4 Å². The number of hydrogen-bond donors (Lipinski definition) is 2. The zero-order chi connectivity index (χ0) is 20.1. The minimum Gasteiger partial charge on any atom is -0.480 e. The van der Waals surface area contributed by atoms with Crippen LogP contribution in [0.4, 0.5) is 4.79 Å². The highest BCUT2D eigenvalue weighted by atomic mass is 16.6. The third-order valence-corrected chi connectivity index (χ3v) is 4.60. The van der Waals surface area contributed by atoms with E-state index in [9.17, 15) is 19.5 Å². The maximum Gasteiger partial charge on any atom is 0.408 e. The summed E-state index contributed by atoms with van der Waals surface area (Å²) in [5.41, 5.74) is -0.754. The smallest absolute Gasteiger partial charge is 0.408 e. The normalized spacial score (nSPS) is 24.7. The Hall–Kier alpha value is -1.79. The predicted molar refractivity (Wildman–Crippen MR) is 96.6 cm³/mol. The van der Waals surface area contributed by atoms with Gasteiger partial charge in [0.2, 0.25) is 0 Å². The molecule has 7 nitrogen and oxygen atoms in total. The molecule has 0 saturated heterocycles. The van der Waals surface area contributed by atoms with Crippen molar-refractivity contribution in [1.29, 1.82) is 0 Å². The Labute approximate surface area is 155 Å². The third-order valence-electron chi connectivity index (χ3n) is 4.60. The Kier molecular flexibility index (Phi) is 7.90. The number of esters is 1. The third kappa shape index (κ3) is 7.62. The van der Waals surface area contributed by atoms with Crippen molar-refractivity contribution in [1.82, 2.24) is 5.32 Å². The molecule has 1 amide bonds. The Bertz CT molecular complexity index is 511. The molecule has 0 aliphatic heterocycles. The number of ether oxygens (including phenoxy) is 2. The van der Waals surface area contributed by atoms with E-state index in [1.54, 1.807) is 20.8 Å². The summed E-state index contributed by atoms with van der Waals surface area (Å²) in [5, 5.41) is 11.5. The quantitative estimate of drug-likeness (QED) is 0.694. The van der Waals surface area contributed by atoms with Crippen LogP contribution in [-0.4, -0.2) is 40.9 Å². The van der Waals surface area contributed by atoms with Crippen molar-refractivity contribution >= 4 is 18.0 Å². The van der Waals surface area contributed by atoms with Gasteiger partial charge < -0.3 is 19.9 Å². The van der Waals surface area contributed by atoms with Crippen LogP contribution in [-0.2, 0) is 19.1 Å². The Balaban J connectivity index is 2.66. The first-order chi connectivity index (χ1) is 11.9. The van der Waals surface area contributed by atoms with Crippen LogP contribution in [0.3, 0.4) is 0 Å². The number of hydrogen-bond acceptors (Lipinski definition) is 5. The van der Waals surface area contributed by atoms with Crippen LogP contribution in [0.5, 0.6) is 0 Å². The fourth-order valence-electron chi connectivity index (χ4n) is 3.28. The second kappa shape index (κ2) is 9.24. The summed E-state index contributed by atoms with van der Waals surface area (Å²) >= 11 is 0. The first-order valence-electron chi connectivity index (χ1n) is 9.30. The van der Waals surface area contributed by atoms with Crippen molar-refractivity contribution < 1.29 is 29.0 Å². The van der Waals surface area contributed by atoms with Crippen LogP contribution in [0.15, 0.2) is 0 Å². The van der Waals surface area contributed by atoms with E-state index < -0.39 is 36.1 Å². The van der Waals surface area contributed by atoms with E-state index in [1.165, 1.54) is 0 Å². The Morgan fingerprint density at radius 3 is 2.31 bits per heavy atom. The Morgan fingerprint density at radius 2 is 1.81 bits per heavy atom. The molecule has 150 valence electrons. The minimum absolute atomic E-state index is 0.206. The minimum atomic E-state index is -1.38. The molecular formula is C19H33NO6. The highest BCUT2D eigenvalue weighted by molar-refractivity contribution is 5.85. The van der Waals surface area contributed by atoms with E-state index in [0.717, 1.165) is 19.3 Å². The molecule has 0 aromatic carbocycles. The van der Waals surface area contributed by atoms with E-state index in [0.29, 0.717) is 11.8 Å². The maximum absolute atomic E-state index is 12.3. The van der Waals surface area contributed by atoms with Gasteiger partial charge in [-0.1, -0.05) is 27.2 Å². The van der Waals surface area contributed by atoms with Crippen molar-refractivity contribution in [2.45, 2.75) is 85.0 Å². The number of amides is 1. The zero-order valence-electron chi connectivity index (χ0n) is 16.7.